The molecular weight excluding hydrogens is 1380 g/mol. The summed E-state index contributed by atoms with van der Waals surface area (Å²) in [6, 6.07) is 41.6. The van der Waals surface area contributed by atoms with Crippen molar-refractivity contribution in [3.63, 3.8) is 0 Å². The summed E-state index contributed by atoms with van der Waals surface area (Å²) in [5.41, 5.74) is 7.18. The number of aldehydes is 1. The molecule has 1 saturated heterocycles. The van der Waals surface area contributed by atoms with E-state index >= 15 is 0 Å². The van der Waals surface area contributed by atoms with Crippen LogP contribution in [0.3, 0.4) is 0 Å². The zero-order valence-corrected chi connectivity index (χ0v) is 52.2. The number of oxime groups is 1. The first-order valence-electron chi connectivity index (χ1n) is 27.6. The lowest BCUT2D eigenvalue weighted by atomic mass is 9.99. The average Bonchev–Trinajstić information content (AvgIpc) is 2.81. The lowest BCUT2D eigenvalue weighted by molar-refractivity contribution is -0.131. The minimum Gasteiger partial charge on any atom is -0.507 e. The van der Waals surface area contributed by atoms with E-state index < -0.39 is 41.4 Å². The molecule has 0 bridgehead atoms. The van der Waals surface area contributed by atoms with Crippen LogP contribution in [-0.2, 0) is 9.59 Å². The number of benzene rings is 8. The number of hydrogen-bond donors (Lipinski definition) is 6. The van der Waals surface area contributed by atoms with Crippen LogP contribution in [0.25, 0.3) is 55.2 Å². The van der Waals surface area contributed by atoms with Crippen molar-refractivity contribution < 1.29 is 77.0 Å². The van der Waals surface area contributed by atoms with Crippen LogP contribution in [0.5, 0.6) is 23.0 Å². The molecule has 6 N–H and O–H groups in total. The topological polar surface area (TPSA) is 311 Å². The number of amides is 1. The number of rotatable bonds is 13. The van der Waals surface area contributed by atoms with E-state index in [4.69, 9.17) is 43.6 Å². The molecule has 1 fully saturated rings. The van der Waals surface area contributed by atoms with Crippen LogP contribution in [0.2, 0.25) is 0 Å². The Morgan fingerprint density at radius 1 is 0.604 bits per heavy atom. The van der Waals surface area contributed by atoms with Gasteiger partial charge in [0, 0.05) is 52.8 Å². The molecule has 91 heavy (non-hydrogen) atoms. The van der Waals surface area contributed by atoms with Gasteiger partial charge in [-0.15, -0.1) is 0 Å². The lowest BCUT2D eigenvalue weighted by Crippen LogP contribution is -2.48. The minimum absolute atomic E-state index is 0.00214. The van der Waals surface area contributed by atoms with Gasteiger partial charge in [-0.05, 0) is 145 Å². The Balaban J connectivity index is 0.000000157. The number of nitrogens with one attached hydrogen (secondary N) is 1. The number of nitrogens with zero attached hydrogens (tertiary/aromatic N) is 5. The number of aliphatic hydroxyl groups excluding tert-OH is 1. The molecule has 0 unspecified atom stereocenters. The fourth-order valence-electron chi connectivity index (χ4n) is 9.38. The largest absolute Gasteiger partial charge is 0.507 e. The van der Waals surface area contributed by atoms with Crippen molar-refractivity contribution in [1.82, 2.24) is 25.7 Å². The Kier molecular flexibility index (Phi) is 22.3. The monoisotopic (exact) mass is 1420 g/mol. The summed E-state index contributed by atoms with van der Waals surface area (Å²) in [5.74, 6) is -4.29. The standard InChI is InChI=1S/C30H28FN3O6.C15H9NO4.C7H6BrNO2.C7H4BrNO.C7H5BrO2/c31-23-14-21(15-26-29(23)39-12-11-38-26)27(35)24(17-34-9-1-2-10-34)33-30(37)28(36)19-5-3-18(4-6-19)20-7-8-25-22(13-20)16-32-40-25;17-14(15(18)19)10-3-1-9(2-4-10)11-5-6-13-12(7-11)8-16-20-13;8-6-1-2-7(10)5(3-6)4-9-11;8-6-1-2-7-5(3-6)4-9-10-7;8-6-1-2-7(10)5(3-6)4-9/h3-8,13-16,24,27,35H,1-2,9-12,17H2,(H,33,37);1-8H,(H,18,19);1-4,10-11H;1-4H;1-4,10H/b;;9-4+;;/t24-,27-;;;;/m1..../s1. The Morgan fingerprint density at radius 3 is 1.60 bits per heavy atom. The van der Waals surface area contributed by atoms with Crippen molar-refractivity contribution in [2.45, 2.75) is 25.0 Å². The zero-order chi connectivity index (χ0) is 64.6. The third-order valence-electron chi connectivity index (χ3n) is 14.0. The van der Waals surface area contributed by atoms with E-state index in [0.717, 1.165) is 83.3 Å². The van der Waals surface area contributed by atoms with Crippen LogP contribution in [0.1, 0.15) is 61.1 Å². The number of carbonyl (C=O) groups excluding carboxylic acids is 4. The normalized spacial score (nSPS) is 13.1. The molecular formula is C66H52Br3FN6O15. The molecule has 1 amide bonds. The number of Topliss-reactive ketones (excluding diaryl/α,β-unsaturated/α-hetero) is 2. The van der Waals surface area contributed by atoms with Gasteiger partial charge in [0.1, 0.15) is 30.8 Å². The van der Waals surface area contributed by atoms with E-state index in [0.29, 0.717) is 35.1 Å². The van der Waals surface area contributed by atoms with Crippen molar-refractivity contribution in [2.24, 2.45) is 5.16 Å². The maximum Gasteiger partial charge on any atom is 0.377 e. The van der Waals surface area contributed by atoms with Gasteiger partial charge in [-0.2, -0.15) is 0 Å². The van der Waals surface area contributed by atoms with Gasteiger partial charge >= 0.3 is 5.97 Å². The number of fused-ring (bicyclic) bond motifs is 4. The molecule has 0 spiro atoms. The van der Waals surface area contributed by atoms with Gasteiger partial charge in [0.15, 0.2) is 40.4 Å². The highest BCUT2D eigenvalue weighted by atomic mass is 79.9. The number of likely N-dealkylation sites (tertiary alicyclic amines) is 1. The van der Waals surface area contributed by atoms with E-state index in [9.17, 15) is 33.5 Å². The third-order valence-corrected chi connectivity index (χ3v) is 15.5. The molecule has 2 atom stereocenters. The van der Waals surface area contributed by atoms with Crippen LogP contribution in [0, 0.1) is 5.82 Å². The van der Waals surface area contributed by atoms with E-state index in [1.54, 1.807) is 79.3 Å². The van der Waals surface area contributed by atoms with Crippen molar-refractivity contribution in [3.8, 4) is 45.3 Å². The molecule has 0 radical (unpaired) electrons. The second kappa shape index (κ2) is 31.0. The third kappa shape index (κ3) is 17.3. The summed E-state index contributed by atoms with van der Waals surface area (Å²) in [6.45, 7) is 2.43. The molecule has 0 aliphatic carbocycles. The molecule has 0 saturated carbocycles. The molecule has 25 heteroatoms. The summed E-state index contributed by atoms with van der Waals surface area (Å²) >= 11 is 9.73. The van der Waals surface area contributed by atoms with Gasteiger partial charge in [-0.25, -0.2) is 9.18 Å². The Morgan fingerprint density at radius 2 is 1.08 bits per heavy atom. The number of phenolic OH excluding ortho intramolecular Hbond substituents is 2. The average molecular weight is 1430 g/mol. The van der Waals surface area contributed by atoms with Crippen LogP contribution >= 0.6 is 47.8 Å². The van der Waals surface area contributed by atoms with Gasteiger partial charge < -0.3 is 58.9 Å². The fraction of sp³-hybridized carbons (Fsp3) is 0.136. The minimum atomic E-state index is -1.45. The van der Waals surface area contributed by atoms with Crippen LogP contribution in [0.4, 0.5) is 4.39 Å². The predicted molar refractivity (Wildman–Crippen MR) is 343 cm³/mol. The van der Waals surface area contributed by atoms with Crippen LogP contribution < -0.4 is 14.8 Å². The molecule has 2 aliphatic heterocycles. The van der Waals surface area contributed by atoms with Crippen LogP contribution in [-0.4, -0.2) is 121 Å². The van der Waals surface area contributed by atoms with E-state index in [1.807, 2.05) is 54.6 Å². The highest BCUT2D eigenvalue weighted by Crippen LogP contribution is 2.37. The van der Waals surface area contributed by atoms with Gasteiger partial charge in [0.25, 0.3) is 11.7 Å². The number of halogens is 4. The van der Waals surface area contributed by atoms with Gasteiger partial charge in [-0.1, -0.05) is 129 Å². The van der Waals surface area contributed by atoms with E-state index in [2.05, 4.69) is 78.6 Å². The molecule has 8 aromatic carbocycles. The smallest absolute Gasteiger partial charge is 0.377 e. The molecule has 3 aromatic heterocycles. The Labute approximate surface area is 541 Å². The second-order valence-corrected chi connectivity index (χ2v) is 22.9. The molecule has 5 heterocycles. The number of aromatic nitrogens is 3. The Bertz CT molecular complexity index is 4420. The summed E-state index contributed by atoms with van der Waals surface area (Å²) in [6.07, 6.45) is 7.46. The number of phenols is 2. The molecule has 11 aromatic rings. The van der Waals surface area contributed by atoms with Crippen molar-refractivity contribution in [1.29, 1.82) is 0 Å². The second-order valence-electron chi connectivity index (χ2n) is 20.1. The maximum atomic E-state index is 14.7. The summed E-state index contributed by atoms with van der Waals surface area (Å²) in [7, 11) is 0. The molecule has 464 valence electrons. The number of aromatic hydroxyl groups is 2. The number of ether oxygens (including phenoxy) is 2. The maximum absolute atomic E-state index is 14.7. The molecule has 2 aliphatic rings. The van der Waals surface area contributed by atoms with E-state index in [-0.39, 0.29) is 52.9 Å². The first-order valence-corrected chi connectivity index (χ1v) is 29.9. The first kappa shape index (κ1) is 65.5. The Hall–Kier alpha value is -9.92. The zero-order valence-electron chi connectivity index (χ0n) is 47.5. The predicted octanol–water partition coefficient (Wildman–Crippen LogP) is 13.2. The number of aliphatic hydroxyl groups is 1. The number of carbonyl (C=O) groups is 5. The van der Waals surface area contributed by atoms with Crippen molar-refractivity contribution in [2.75, 3.05) is 32.8 Å². The fourth-order valence-corrected chi connectivity index (χ4v) is 10.5. The highest BCUT2D eigenvalue weighted by Gasteiger charge is 2.31. The highest BCUT2D eigenvalue weighted by molar-refractivity contribution is 9.11. The van der Waals surface area contributed by atoms with E-state index in [1.165, 1.54) is 42.6 Å². The molecule has 21 nitrogen and oxygen atoms in total. The summed E-state index contributed by atoms with van der Waals surface area (Å²) in [5, 5.41) is 65.6. The first-order chi connectivity index (χ1) is 43.9. The van der Waals surface area contributed by atoms with Crippen molar-refractivity contribution in [3.05, 3.63) is 217 Å². The van der Waals surface area contributed by atoms with Gasteiger partial charge in [0.05, 0.1) is 36.4 Å². The van der Waals surface area contributed by atoms with Gasteiger partial charge in [0.2, 0.25) is 5.78 Å². The number of carboxylic acid groups (broad SMARTS) is 1. The van der Waals surface area contributed by atoms with Crippen molar-refractivity contribution >= 4 is 117 Å². The van der Waals surface area contributed by atoms with Crippen LogP contribution in [0.15, 0.2) is 202 Å². The lowest BCUT2D eigenvalue weighted by Gasteiger charge is -2.29. The quantitative estimate of drug-likeness (QED) is 0.0156. The number of carboxylic acids is 1. The number of aliphatic carboxylic acids is 1. The summed E-state index contributed by atoms with van der Waals surface area (Å²) < 4.78 is 43.3. The summed E-state index contributed by atoms with van der Waals surface area (Å²) in [4.78, 5) is 60.4. The number of hydrogen-bond acceptors (Lipinski definition) is 19. The molecule has 13 rings (SSSR count). The van der Waals surface area contributed by atoms with Gasteiger partial charge in [-0.3, -0.25) is 19.2 Å². The SMILES string of the molecule is Brc1ccc2oncc2c1.O/N=C/c1cc(Br)ccc1O.O=C(N[C@H](CN1CCCC1)[C@H](O)c1cc(F)c2c(c1)OCCO2)C(=O)c1ccc(-c2ccc3oncc3c2)cc1.O=C(O)C(=O)c1ccc(-c2ccc3oncc3c2)cc1.O=Cc1cc(Br)ccc1O. The number of ketones is 2.